The maximum Gasteiger partial charge on any atom is 0.337 e. The van der Waals surface area contributed by atoms with Gasteiger partial charge in [-0.1, -0.05) is 12.1 Å². The molecule has 0 unspecified atom stereocenters. The fraction of sp³-hybridized carbons (Fsp3) is 0.316. The van der Waals surface area contributed by atoms with Crippen molar-refractivity contribution in [2.24, 2.45) is 0 Å². The van der Waals surface area contributed by atoms with Gasteiger partial charge in [-0.2, -0.15) is 0 Å². The van der Waals surface area contributed by atoms with Crippen molar-refractivity contribution in [3.63, 3.8) is 0 Å². The summed E-state index contributed by atoms with van der Waals surface area (Å²) < 4.78 is 0. The maximum atomic E-state index is 12.6. The van der Waals surface area contributed by atoms with Crippen molar-refractivity contribution in [3.05, 3.63) is 53.2 Å². The standard InChI is InChI=1S/C19H21N3O3/c1-12-10-16(20-17(11-12)22(2)13-6-5-7-13)18(23)21-15-9-4-3-8-14(15)19(24)25/h3-4,8-11,13H,5-7H2,1-2H3,(H,21,23)(H,24,25). The van der Waals surface area contributed by atoms with Crippen molar-refractivity contribution in [2.45, 2.75) is 32.2 Å². The highest BCUT2D eigenvalue weighted by Crippen LogP contribution is 2.28. The number of nitrogens with one attached hydrogen (secondary N) is 1. The highest BCUT2D eigenvalue weighted by molar-refractivity contribution is 6.07. The van der Waals surface area contributed by atoms with E-state index in [9.17, 15) is 14.7 Å². The fourth-order valence-corrected chi connectivity index (χ4v) is 2.87. The topological polar surface area (TPSA) is 82.5 Å². The van der Waals surface area contributed by atoms with Gasteiger partial charge in [-0.15, -0.1) is 0 Å². The van der Waals surface area contributed by atoms with Crippen LogP contribution in [0, 0.1) is 6.92 Å². The molecule has 1 amide bonds. The molecule has 2 N–H and O–H groups in total. The molecular formula is C19H21N3O3. The number of carbonyl (C=O) groups is 2. The van der Waals surface area contributed by atoms with Crippen LogP contribution in [0.15, 0.2) is 36.4 Å². The van der Waals surface area contributed by atoms with E-state index in [1.165, 1.54) is 12.5 Å². The molecule has 1 aromatic carbocycles. The van der Waals surface area contributed by atoms with Crippen LogP contribution >= 0.6 is 0 Å². The molecule has 1 saturated carbocycles. The average molecular weight is 339 g/mol. The van der Waals surface area contributed by atoms with Crippen LogP contribution in [-0.2, 0) is 0 Å². The Kier molecular flexibility index (Phi) is 4.70. The van der Waals surface area contributed by atoms with Gasteiger partial charge in [0.15, 0.2) is 0 Å². The lowest BCUT2D eigenvalue weighted by molar-refractivity contribution is 0.0698. The molecule has 0 atom stereocenters. The number of carboxylic acid groups (broad SMARTS) is 1. The Labute approximate surface area is 146 Å². The quantitative estimate of drug-likeness (QED) is 0.873. The Morgan fingerprint density at radius 1 is 1.24 bits per heavy atom. The lowest BCUT2D eigenvalue weighted by Gasteiger charge is -2.35. The van der Waals surface area contributed by atoms with Crippen molar-refractivity contribution in [3.8, 4) is 0 Å². The molecule has 0 spiro atoms. The summed E-state index contributed by atoms with van der Waals surface area (Å²) in [5.41, 5.74) is 1.53. The summed E-state index contributed by atoms with van der Waals surface area (Å²) in [5, 5.41) is 11.9. The minimum absolute atomic E-state index is 0.0512. The second kappa shape index (κ2) is 6.93. The molecule has 0 bridgehead atoms. The number of aryl methyl sites for hydroxylation is 1. The molecule has 0 saturated heterocycles. The number of hydrogen-bond donors (Lipinski definition) is 2. The average Bonchev–Trinajstić information content (AvgIpc) is 2.52. The van der Waals surface area contributed by atoms with Crippen LogP contribution in [0.3, 0.4) is 0 Å². The van der Waals surface area contributed by atoms with E-state index in [4.69, 9.17) is 0 Å². The Hall–Kier alpha value is -2.89. The van der Waals surface area contributed by atoms with Crippen LogP contribution in [0.2, 0.25) is 0 Å². The number of nitrogens with zero attached hydrogens (tertiary/aromatic N) is 2. The van der Waals surface area contributed by atoms with Gasteiger partial charge < -0.3 is 15.3 Å². The van der Waals surface area contributed by atoms with Gasteiger partial charge in [0.2, 0.25) is 0 Å². The summed E-state index contributed by atoms with van der Waals surface area (Å²) in [6.07, 6.45) is 3.50. The Morgan fingerprint density at radius 3 is 2.60 bits per heavy atom. The van der Waals surface area contributed by atoms with E-state index >= 15 is 0 Å². The first-order valence-corrected chi connectivity index (χ1v) is 8.31. The van der Waals surface area contributed by atoms with Gasteiger partial charge in [0.05, 0.1) is 11.3 Å². The first-order chi connectivity index (χ1) is 12.0. The van der Waals surface area contributed by atoms with Crippen molar-refractivity contribution in [1.82, 2.24) is 4.98 Å². The van der Waals surface area contributed by atoms with E-state index in [0.29, 0.717) is 6.04 Å². The summed E-state index contributed by atoms with van der Waals surface area (Å²) in [5.74, 6) is -0.736. The lowest BCUT2D eigenvalue weighted by Crippen LogP contribution is -2.37. The molecule has 1 aliphatic rings. The van der Waals surface area contributed by atoms with E-state index in [-0.39, 0.29) is 16.9 Å². The van der Waals surface area contributed by atoms with E-state index in [1.54, 1.807) is 24.3 Å². The molecule has 1 aromatic heterocycles. The lowest BCUT2D eigenvalue weighted by atomic mass is 9.92. The van der Waals surface area contributed by atoms with Crippen molar-refractivity contribution < 1.29 is 14.7 Å². The second-order valence-electron chi connectivity index (χ2n) is 6.39. The van der Waals surface area contributed by atoms with Gasteiger partial charge in [0.1, 0.15) is 11.5 Å². The number of hydrogen-bond acceptors (Lipinski definition) is 4. The molecule has 130 valence electrons. The van der Waals surface area contributed by atoms with E-state index in [0.717, 1.165) is 24.2 Å². The maximum absolute atomic E-state index is 12.6. The Balaban J connectivity index is 1.85. The summed E-state index contributed by atoms with van der Waals surface area (Å²) in [6.45, 7) is 1.92. The molecule has 3 rings (SSSR count). The van der Waals surface area contributed by atoms with Gasteiger partial charge >= 0.3 is 5.97 Å². The SMILES string of the molecule is Cc1cc(C(=O)Nc2ccccc2C(=O)O)nc(N(C)C2CCC2)c1. The molecule has 25 heavy (non-hydrogen) atoms. The monoisotopic (exact) mass is 339 g/mol. The highest BCUT2D eigenvalue weighted by Gasteiger charge is 2.24. The molecule has 6 heteroatoms. The van der Waals surface area contributed by atoms with Crippen LogP contribution < -0.4 is 10.2 Å². The molecule has 2 aromatic rings. The third-order valence-electron chi connectivity index (χ3n) is 4.58. The summed E-state index contributed by atoms with van der Waals surface area (Å²) in [7, 11) is 1.99. The number of rotatable bonds is 5. The molecule has 6 nitrogen and oxygen atoms in total. The number of amides is 1. The first-order valence-electron chi connectivity index (χ1n) is 8.31. The van der Waals surface area contributed by atoms with Gasteiger partial charge in [-0.25, -0.2) is 9.78 Å². The van der Waals surface area contributed by atoms with E-state index in [1.807, 2.05) is 20.0 Å². The largest absolute Gasteiger partial charge is 0.478 e. The molecular weight excluding hydrogens is 318 g/mol. The number of aromatic carboxylic acids is 1. The number of aromatic nitrogens is 1. The number of carboxylic acids is 1. The van der Waals surface area contributed by atoms with Crippen LogP contribution in [0.25, 0.3) is 0 Å². The summed E-state index contributed by atoms with van der Waals surface area (Å²) in [6, 6.07) is 10.5. The van der Waals surface area contributed by atoms with Crippen molar-refractivity contribution in [2.75, 3.05) is 17.3 Å². The van der Waals surface area contributed by atoms with Gasteiger partial charge in [0, 0.05) is 13.1 Å². The second-order valence-corrected chi connectivity index (χ2v) is 6.39. The zero-order valence-corrected chi connectivity index (χ0v) is 14.3. The van der Waals surface area contributed by atoms with Gasteiger partial charge in [0.25, 0.3) is 5.91 Å². The van der Waals surface area contributed by atoms with Gasteiger partial charge in [-0.05, 0) is 56.0 Å². The van der Waals surface area contributed by atoms with Crippen LogP contribution in [-0.4, -0.2) is 35.1 Å². The van der Waals surface area contributed by atoms with Crippen LogP contribution in [0.4, 0.5) is 11.5 Å². The zero-order valence-electron chi connectivity index (χ0n) is 14.3. The zero-order chi connectivity index (χ0) is 18.0. The van der Waals surface area contributed by atoms with Crippen LogP contribution in [0.1, 0.15) is 45.7 Å². The predicted octanol–water partition coefficient (Wildman–Crippen LogP) is 3.33. The predicted molar refractivity (Wildman–Crippen MR) is 96.4 cm³/mol. The molecule has 0 radical (unpaired) electrons. The molecule has 1 aliphatic carbocycles. The highest BCUT2D eigenvalue weighted by atomic mass is 16.4. The number of carbonyl (C=O) groups excluding carboxylic acids is 1. The number of para-hydroxylation sites is 1. The smallest absolute Gasteiger partial charge is 0.337 e. The first kappa shape index (κ1) is 17.0. The number of pyridine rings is 1. The normalized spacial score (nSPS) is 13.8. The number of anilines is 2. The van der Waals surface area contributed by atoms with Gasteiger partial charge in [-0.3, -0.25) is 4.79 Å². The summed E-state index contributed by atoms with van der Waals surface area (Å²) >= 11 is 0. The minimum atomic E-state index is -1.08. The Bertz CT molecular complexity index is 815. The van der Waals surface area contributed by atoms with Crippen molar-refractivity contribution >= 4 is 23.4 Å². The fourth-order valence-electron chi connectivity index (χ4n) is 2.87. The molecule has 0 aliphatic heterocycles. The summed E-state index contributed by atoms with van der Waals surface area (Å²) in [4.78, 5) is 30.4. The van der Waals surface area contributed by atoms with Crippen molar-refractivity contribution in [1.29, 1.82) is 0 Å². The Morgan fingerprint density at radius 2 is 1.96 bits per heavy atom. The third kappa shape index (κ3) is 3.63. The minimum Gasteiger partial charge on any atom is -0.478 e. The molecule has 1 heterocycles. The van der Waals surface area contributed by atoms with E-state index < -0.39 is 11.9 Å². The third-order valence-corrected chi connectivity index (χ3v) is 4.58. The number of benzene rings is 1. The van der Waals surface area contributed by atoms with E-state index in [2.05, 4.69) is 15.2 Å². The van der Waals surface area contributed by atoms with Crippen LogP contribution in [0.5, 0.6) is 0 Å². The molecule has 1 fully saturated rings.